The summed E-state index contributed by atoms with van der Waals surface area (Å²) < 4.78 is 12.7. The molecule has 7 aromatic carbocycles. The first-order chi connectivity index (χ1) is 30.0. The van der Waals surface area contributed by atoms with Gasteiger partial charge in [0.2, 0.25) is 0 Å². The third-order valence-electron chi connectivity index (χ3n) is 15.5. The number of benzene rings is 7. The highest BCUT2D eigenvalue weighted by molar-refractivity contribution is 7.26. The molecule has 5 heterocycles. The highest BCUT2D eigenvalue weighted by atomic mass is 32.1. The number of furan rings is 1. The lowest BCUT2D eigenvalue weighted by Gasteiger charge is -2.46. The van der Waals surface area contributed by atoms with E-state index in [9.17, 15) is 0 Å². The second kappa shape index (κ2) is 12.1. The van der Waals surface area contributed by atoms with Crippen LogP contribution < -0.4 is 15.7 Å². The van der Waals surface area contributed by atoms with E-state index in [1.165, 1.54) is 114 Å². The average Bonchev–Trinajstić information content (AvgIpc) is 3.92. The molecule has 0 fully saturated rings. The fraction of sp³-hybridized carbons (Fsp3) is 0.276. The van der Waals surface area contributed by atoms with E-state index in [4.69, 9.17) is 4.42 Å². The topological polar surface area (TPSA) is 21.3 Å². The molecule has 0 bridgehead atoms. The highest BCUT2D eigenvalue weighted by Gasteiger charge is 2.48. The van der Waals surface area contributed by atoms with E-state index in [2.05, 4.69) is 194 Å². The maximum absolute atomic E-state index is 7.35. The summed E-state index contributed by atoms with van der Waals surface area (Å²) in [5.41, 5.74) is 19.1. The van der Waals surface area contributed by atoms with Gasteiger partial charge in [-0.15, -0.1) is 11.3 Å². The van der Waals surface area contributed by atoms with Crippen molar-refractivity contribution in [2.24, 2.45) is 0 Å². The number of aromatic nitrogens is 1. The Balaban J connectivity index is 1.29. The number of thiophene rings is 1. The van der Waals surface area contributed by atoms with Crippen LogP contribution in [0.1, 0.15) is 104 Å². The van der Waals surface area contributed by atoms with Gasteiger partial charge in [-0.25, -0.2) is 0 Å². The lowest BCUT2D eigenvalue weighted by molar-refractivity contribution is 0.332. The van der Waals surface area contributed by atoms with Crippen molar-refractivity contribution in [3.63, 3.8) is 0 Å². The average molecular weight is 837 g/mol. The molecule has 1 aliphatic carbocycles. The molecule has 13 rings (SSSR count). The maximum atomic E-state index is 7.35. The molecule has 0 amide bonds. The number of anilines is 2. The van der Waals surface area contributed by atoms with Crippen molar-refractivity contribution in [1.82, 2.24) is 4.57 Å². The number of fused-ring (bicyclic) bond motifs is 17. The molecule has 310 valence electrons. The van der Waals surface area contributed by atoms with Crippen LogP contribution >= 0.6 is 11.3 Å². The first-order valence-corrected chi connectivity index (χ1v) is 23.8. The summed E-state index contributed by atoms with van der Waals surface area (Å²) >= 11 is 1.91. The minimum atomic E-state index is -0.122. The highest BCUT2D eigenvalue weighted by Crippen LogP contribution is 2.55. The van der Waals surface area contributed by atoms with Crippen molar-refractivity contribution < 1.29 is 4.42 Å². The first-order valence-electron chi connectivity index (χ1n) is 23.0. The van der Waals surface area contributed by atoms with Crippen LogP contribution in [0.5, 0.6) is 0 Å². The molecule has 3 nitrogen and oxygen atoms in total. The van der Waals surface area contributed by atoms with Crippen LogP contribution in [-0.2, 0) is 21.7 Å². The molecule has 0 radical (unpaired) electrons. The molecule has 0 spiro atoms. The van der Waals surface area contributed by atoms with Crippen molar-refractivity contribution in [3.8, 4) is 16.8 Å². The van der Waals surface area contributed by atoms with Gasteiger partial charge in [-0.05, 0) is 122 Å². The number of rotatable bonds is 1. The molecular formula is C58H53BN2OS. The van der Waals surface area contributed by atoms with E-state index in [0.29, 0.717) is 0 Å². The number of nitrogens with zero attached hydrogens (tertiary/aromatic N) is 2. The summed E-state index contributed by atoms with van der Waals surface area (Å²) in [5.74, 6) is 0. The quantitative estimate of drug-likeness (QED) is 0.154. The summed E-state index contributed by atoms with van der Waals surface area (Å²) in [4.78, 5) is 2.73. The van der Waals surface area contributed by atoms with Crippen LogP contribution in [0.3, 0.4) is 0 Å². The molecule has 63 heavy (non-hydrogen) atoms. The Morgan fingerprint density at radius 3 is 2.00 bits per heavy atom. The van der Waals surface area contributed by atoms with Gasteiger partial charge < -0.3 is 13.8 Å². The minimum Gasteiger partial charge on any atom is -0.455 e. The molecule has 3 aliphatic rings. The van der Waals surface area contributed by atoms with E-state index < -0.39 is 0 Å². The van der Waals surface area contributed by atoms with E-state index in [-0.39, 0.29) is 28.5 Å². The molecule has 3 aromatic heterocycles. The van der Waals surface area contributed by atoms with Crippen molar-refractivity contribution in [1.29, 1.82) is 0 Å². The number of para-hydroxylation sites is 1. The molecule has 0 unspecified atom stereocenters. The summed E-state index contributed by atoms with van der Waals surface area (Å²) in [6, 6.07) is 44.9. The second-order valence-corrected chi connectivity index (χ2v) is 23.5. The number of hydrogen-bond donors (Lipinski definition) is 0. The Bertz CT molecular complexity index is 3650. The van der Waals surface area contributed by atoms with Gasteiger partial charge in [0.15, 0.2) is 0 Å². The largest absolute Gasteiger partial charge is 0.455 e. The summed E-state index contributed by atoms with van der Waals surface area (Å²) in [6.45, 7) is 23.7. The van der Waals surface area contributed by atoms with Crippen molar-refractivity contribution in [3.05, 3.63) is 138 Å². The monoisotopic (exact) mass is 836 g/mol. The summed E-state index contributed by atoms with van der Waals surface area (Å²) in [7, 11) is 0. The molecule has 10 aromatic rings. The van der Waals surface area contributed by atoms with Gasteiger partial charge in [0.25, 0.3) is 0 Å². The van der Waals surface area contributed by atoms with Crippen LogP contribution in [0.25, 0.3) is 80.7 Å². The van der Waals surface area contributed by atoms with Gasteiger partial charge in [0.05, 0.1) is 11.0 Å². The molecule has 2 aliphatic heterocycles. The Morgan fingerprint density at radius 2 is 1.27 bits per heavy atom. The molecular weight excluding hydrogens is 784 g/mol. The molecule has 0 saturated heterocycles. The van der Waals surface area contributed by atoms with Gasteiger partial charge in [0.1, 0.15) is 11.2 Å². The molecule has 0 N–H and O–H groups in total. The van der Waals surface area contributed by atoms with Gasteiger partial charge in [0, 0.05) is 69.9 Å². The number of hydrogen-bond acceptors (Lipinski definition) is 3. The Hall–Kier alpha value is -5.78. The molecule has 0 saturated carbocycles. The van der Waals surface area contributed by atoms with Crippen LogP contribution in [0.15, 0.2) is 120 Å². The van der Waals surface area contributed by atoms with Crippen LogP contribution in [0.2, 0.25) is 0 Å². The zero-order valence-electron chi connectivity index (χ0n) is 38.2. The Labute approximate surface area is 374 Å². The van der Waals surface area contributed by atoms with E-state index in [1.54, 1.807) is 0 Å². The lowest BCUT2D eigenvalue weighted by atomic mass is 9.43. The van der Waals surface area contributed by atoms with Crippen LogP contribution in [0.4, 0.5) is 11.4 Å². The molecule has 0 atom stereocenters. The summed E-state index contributed by atoms with van der Waals surface area (Å²) in [6.07, 6.45) is 2.31. The summed E-state index contributed by atoms with van der Waals surface area (Å²) in [5, 5.41) is 7.65. The van der Waals surface area contributed by atoms with Crippen molar-refractivity contribution >= 4 is 104 Å². The van der Waals surface area contributed by atoms with Crippen molar-refractivity contribution in [2.45, 2.75) is 104 Å². The Kier molecular flexibility index (Phi) is 7.23. The zero-order valence-corrected chi connectivity index (χ0v) is 39.0. The fourth-order valence-electron chi connectivity index (χ4n) is 11.9. The zero-order chi connectivity index (χ0) is 43.3. The van der Waals surface area contributed by atoms with Gasteiger partial charge in [-0.1, -0.05) is 130 Å². The van der Waals surface area contributed by atoms with Crippen LogP contribution in [0, 0.1) is 0 Å². The first kappa shape index (κ1) is 37.8. The predicted molar refractivity (Wildman–Crippen MR) is 273 cm³/mol. The van der Waals surface area contributed by atoms with Gasteiger partial charge >= 0.3 is 6.85 Å². The second-order valence-electron chi connectivity index (χ2n) is 22.4. The van der Waals surface area contributed by atoms with Crippen LogP contribution in [-0.4, -0.2) is 11.4 Å². The lowest BCUT2D eigenvalue weighted by Crippen LogP contribution is -2.60. The Morgan fingerprint density at radius 1 is 0.603 bits per heavy atom. The molecule has 5 heteroatoms. The third-order valence-corrected chi connectivity index (χ3v) is 16.7. The van der Waals surface area contributed by atoms with Crippen molar-refractivity contribution in [2.75, 3.05) is 4.81 Å². The van der Waals surface area contributed by atoms with Gasteiger partial charge in [-0.2, -0.15) is 0 Å². The normalized spacial score (nSPS) is 16.5. The maximum Gasteiger partial charge on any atom is 0.333 e. The fourth-order valence-corrected chi connectivity index (χ4v) is 13.0. The SMILES string of the molecule is CC(C)(C)c1ccc(N2B3c4cc5c(cc4-n4c6ccc(C(C)(C)C)cc6c6c7c(oc8ccccc87)c(c3c64)-c3cc4c(cc32)C(C)(C)CCC4(C)C)sc2ccccc25)cc1. The minimum absolute atomic E-state index is 0.0209. The predicted octanol–water partition coefficient (Wildman–Crippen LogP) is 15.2. The van der Waals surface area contributed by atoms with E-state index in [1.807, 2.05) is 11.3 Å². The standard InChI is InChI=1S/C58H53BN2OS/c1-55(2,3)32-19-22-34(23-20-32)61-44-30-41-40(57(7,8)25-26-58(41,9)10)28-39(44)51-52-53-49(50-36-16-11-13-17-46(36)62-54(50)51)38-27-33(56(4,5)6)21-24-43(38)60(53)45-31-48-37(29-42(45)59(52)61)35-15-12-14-18-47(35)63-48/h11-24,27-31H,25-26H2,1-10H3. The van der Waals surface area contributed by atoms with Gasteiger partial charge in [-0.3, -0.25) is 0 Å². The third kappa shape index (κ3) is 4.98. The smallest absolute Gasteiger partial charge is 0.333 e. The van der Waals surface area contributed by atoms with E-state index >= 15 is 0 Å². The van der Waals surface area contributed by atoms with E-state index in [0.717, 1.165) is 24.0 Å².